The van der Waals surface area contributed by atoms with E-state index in [-0.39, 0.29) is 0 Å². The molecule has 1 aliphatic rings. The third-order valence-corrected chi connectivity index (χ3v) is 4.57. The van der Waals surface area contributed by atoms with Crippen LogP contribution in [0.25, 0.3) is 0 Å². The second-order valence-corrected chi connectivity index (χ2v) is 5.84. The van der Waals surface area contributed by atoms with Crippen LogP contribution in [0.3, 0.4) is 0 Å². The fraction of sp³-hybridized carbons (Fsp3) is 0.533. The Labute approximate surface area is 125 Å². The summed E-state index contributed by atoms with van der Waals surface area (Å²) < 4.78 is 0. The van der Waals surface area contributed by atoms with E-state index in [1.807, 2.05) is 13.1 Å². The molecule has 3 N–H and O–H groups in total. The van der Waals surface area contributed by atoms with E-state index in [2.05, 4.69) is 17.3 Å². The lowest BCUT2D eigenvalue weighted by Gasteiger charge is -2.36. The highest BCUT2D eigenvalue weighted by Crippen LogP contribution is 2.31. The van der Waals surface area contributed by atoms with Gasteiger partial charge in [0.15, 0.2) is 0 Å². The molecule has 1 fully saturated rings. The summed E-state index contributed by atoms with van der Waals surface area (Å²) in [5.41, 5.74) is 6.68. The van der Waals surface area contributed by atoms with Gasteiger partial charge in [0.25, 0.3) is 0 Å². The molecule has 1 aliphatic carbocycles. The number of amides is 1. The van der Waals surface area contributed by atoms with Crippen LogP contribution in [0.4, 0.5) is 5.69 Å². The summed E-state index contributed by atoms with van der Waals surface area (Å²) in [6.45, 7) is 0. The van der Waals surface area contributed by atoms with Crippen molar-refractivity contribution in [3.63, 3.8) is 0 Å². The van der Waals surface area contributed by atoms with Crippen LogP contribution in [0.5, 0.6) is 0 Å². The van der Waals surface area contributed by atoms with Gasteiger partial charge in [-0.15, -0.1) is 0 Å². The molecule has 0 spiro atoms. The van der Waals surface area contributed by atoms with E-state index in [1.54, 1.807) is 12.1 Å². The van der Waals surface area contributed by atoms with Gasteiger partial charge in [-0.05, 0) is 50.9 Å². The van der Waals surface area contributed by atoms with Gasteiger partial charge in [0.1, 0.15) is 0 Å². The van der Waals surface area contributed by atoms with Crippen LogP contribution in [0, 0.1) is 0 Å². The Bertz CT molecular complexity index is 484. The summed E-state index contributed by atoms with van der Waals surface area (Å²) in [6.07, 6.45) is 4.66. The molecule has 2 rings (SSSR count). The maximum Gasteiger partial charge on any atom is 0.248 e. The van der Waals surface area contributed by atoms with Crippen molar-refractivity contribution in [2.45, 2.75) is 37.8 Å². The lowest BCUT2D eigenvalue weighted by atomic mass is 9.90. The minimum atomic E-state index is -0.448. The normalized spacial score (nSPS) is 22.6. The Morgan fingerprint density at radius 1 is 1.35 bits per heavy atom. The summed E-state index contributed by atoms with van der Waals surface area (Å²) in [4.78, 5) is 13.4. The predicted octanol–water partition coefficient (Wildman–Crippen LogP) is 2.41. The zero-order valence-electron chi connectivity index (χ0n) is 12.0. The fourth-order valence-corrected chi connectivity index (χ4v) is 3.21. The first kappa shape index (κ1) is 15.1. The largest absolute Gasteiger partial charge is 0.370 e. The van der Waals surface area contributed by atoms with Gasteiger partial charge in [0, 0.05) is 24.7 Å². The van der Waals surface area contributed by atoms with Crippen molar-refractivity contribution < 1.29 is 4.79 Å². The molecular weight excluding hydrogens is 274 g/mol. The molecule has 1 amide bonds. The number of anilines is 1. The quantitative estimate of drug-likeness (QED) is 0.897. The highest BCUT2D eigenvalue weighted by atomic mass is 35.5. The summed E-state index contributed by atoms with van der Waals surface area (Å²) in [5.74, 6) is -0.448. The average molecular weight is 296 g/mol. The van der Waals surface area contributed by atoms with E-state index in [0.29, 0.717) is 22.7 Å². The molecule has 1 saturated carbocycles. The van der Waals surface area contributed by atoms with Crippen LogP contribution in [0.1, 0.15) is 36.0 Å². The van der Waals surface area contributed by atoms with Crippen molar-refractivity contribution in [2.24, 2.45) is 5.73 Å². The van der Waals surface area contributed by atoms with Crippen LogP contribution in [-0.2, 0) is 0 Å². The van der Waals surface area contributed by atoms with Gasteiger partial charge in [0.05, 0.1) is 10.7 Å². The number of nitrogens with two attached hydrogens (primary N) is 1. The number of carbonyl (C=O) groups excluding carboxylic acids is 1. The van der Waals surface area contributed by atoms with Gasteiger partial charge in [-0.25, -0.2) is 0 Å². The number of benzene rings is 1. The zero-order chi connectivity index (χ0) is 14.7. The Morgan fingerprint density at radius 2 is 2.00 bits per heavy atom. The molecule has 0 radical (unpaired) electrons. The van der Waals surface area contributed by atoms with Gasteiger partial charge in [-0.2, -0.15) is 0 Å². The zero-order valence-corrected chi connectivity index (χ0v) is 12.8. The third-order valence-electron chi connectivity index (χ3n) is 4.26. The monoisotopic (exact) mass is 295 g/mol. The summed E-state index contributed by atoms with van der Waals surface area (Å²) in [5, 5.41) is 3.92. The second-order valence-electron chi connectivity index (χ2n) is 5.44. The van der Waals surface area contributed by atoms with Crippen molar-refractivity contribution in [1.82, 2.24) is 5.32 Å². The van der Waals surface area contributed by atoms with Crippen molar-refractivity contribution >= 4 is 23.2 Å². The van der Waals surface area contributed by atoms with Crippen LogP contribution in [-0.4, -0.2) is 32.1 Å². The van der Waals surface area contributed by atoms with E-state index >= 15 is 0 Å². The standard InChI is InChI=1S/C15H22ClN3O/c1-18-11-4-6-12(7-5-11)19(2)14-8-3-10(15(17)20)9-13(14)16/h3,8-9,11-12,18H,4-7H2,1-2H3,(H2,17,20). The number of hydrogen-bond donors (Lipinski definition) is 2. The van der Waals surface area contributed by atoms with Crippen LogP contribution in [0.15, 0.2) is 18.2 Å². The van der Waals surface area contributed by atoms with Gasteiger partial charge >= 0.3 is 0 Å². The van der Waals surface area contributed by atoms with Crippen molar-refractivity contribution in [3.8, 4) is 0 Å². The van der Waals surface area contributed by atoms with E-state index in [4.69, 9.17) is 17.3 Å². The molecule has 5 heteroatoms. The number of carbonyl (C=O) groups is 1. The molecule has 20 heavy (non-hydrogen) atoms. The van der Waals surface area contributed by atoms with E-state index in [0.717, 1.165) is 18.5 Å². The highest BCUT2D eigenvalue weighted by Gasteiger charge is 2.24. The lowest BCUT2D eigenvalue weighted by Crippen LogP contribution is -2.40. The first-order chi connectivity index (χ1) is 9.52. The molecule has 0 aliphatic heterocycles. The second kappa shape index (κ2) is 6.46. The van der Waals surface area contributed by atoms with E-state index in [1.165, 1.54) is 12.8 Å². The maximum absolute atomic E-state index is 11.1. The topological polar surface area (TPSA) is 58.4 Å². The highest BCUT2D eigenvalue weighted by molar-refractivity contribution is 6.33. The minimum Gasteiger partial charge on any atom is -0.370 e. The van der Waals surface area contributed by atoms with Crippen molar-refractivity contribution in [3.05, 3.63) is 28.8 Å². The first-order valence-corrected chi connectivity index (χ1v) is 7.40. The lowest BCUT2D eigenvalue weighted by molar-refractivity contribution is 0.100. The molecule has 0 heterocycles. The molecule has 0 atom stereocenters. The Hall–Kier alpha value is -1.26. The van der Waals surface area contributed by atoms with Crippen molar-refractivity contribution in [2.75, 3.05) is 19.0 Å². The molecule has 110 valence electrons. The molecule has 1 aromatic carbocycles. The SMILES string of the molecule is CNC1CCC(N(C)c2ccc(C(N)=O)cc2Cl)CC1. The number of nitrogens with zero attached hydrogens (tertiary/aromatic N) is 1. The molecule has 0 bridgehead atoms. The molecule has 4 nitrogen and oxygen atoms in total. The van der Waals surface area contributed by atoms with E-state index < -0.39 is 5.91 Å². The summed E-state index contributed by atoms with van der Waals surface area (Å²) in [7, 11) is 4.09. The minimum absolute atomic E-state index is 0.448. The number of hydrogen-bond acceptors (Lipinski definition) is 3. The van der Waals surface area contributed by atoms with Crippen LogP contribution in [0.2, 0.25) is 5.02 Å². The molecule has 0 aromatic heterocycles. The molecule has 0 saturated heterocycles. The Balaban J connectivity index is 2.09. The molecular formula is C15H22ClN3O. The molecule has 0 unspecified atom stereocenters. The van der Waals surface area contributed by atoms with Gasteiger partial charge in [-0.3, -0.25) is 4.79 Å². The van der Waals surface area contributed by atoms with E-state index in [9.17, 15) is 4.79 Å². The first-order valence-electron chi connectivity index (χ1n) is 7.02. The summed E-state index contributed by atoms with van der Waals surface area (Å²) >= 11 is 6.28. The molecule has 1 aromatic rings. The number of halogens is 1. The average Bonchev–Trinajstić information content (AvgIpc) is 2.46. The van der Waals surface area contributed by atoms with Gasteiger partial charge < -0.3 is 16.0 Å². The third kappa shape index (κ3) is 3.25. The van der Waals surface area contributed by atoms with Crippen LogP contribution < -0.4 is 16.0 Å². The van der Waals surface area contributed by atoms with Crippen molar-refractivity contribution in [1.29, 1.82) is 0 Å². The number of rotatable bonds is 4. The van der Waals surface area contributed by atoms with Crippen LogP contribution >= 0.6 is 11.6 Å². The van der Waals surface area contributed by atoms with Gasteiger partial charge in [-0.1, -0.05) is 11.6 Å². The number of primary amides is 1. The summed E-state index contributed by atoms with van der Waals surface area (Å²) in [6, 6.07) is 6.39. The van der Waals surface area contributed by atoms with Gasteiger partial charge in [0.2, 0.25) is 5.91 Å². The smallest absolute Gasteiger partial charge is 0.248 e. The predicted molar refractivity (Wildman–Crippen MR) is 83.5 cm³/mol. The fourth-order valence-electron chi connectivity index (χ4n) is 2.89. The number of nitrogens with one attached hydrogen (secondary N) is 1. The Morgan fingerprint density at radius 3 is 2.50 bits per heavy atom. The maximum atomic E-state index is 11.1. The Kier molecular flexibility index (Phi) is 4.89.